The molecule has 20 heavy (non-hydrogen) atoms. The Morgan fingerprint density at radius 2 is 1.55 bits per heavy atom. The fraction of sp³-hybridized carbons (Fsp3) is 0.333. The summed E-state index contributed by atoms with van der Waals surface area (Å²) in [5, 5.41) is 0.837. The van der Waals surface area contributed by atoms with Crippen LogP contribution in [0.3, 0.4) is 0 Å². The van der Waals surface area contributed by atoms with E-state index in [0.29, 0.717) is 11.8 Å². The van der Waals surface area contributed by atoms with Gasteiger partial charge in [-0.2, -0.15) is 0 Å². The van der Waals surface area contributed by atoms with E-state index < -0.39 is 0 Å². The molecule has 0 amide bonds. The van der Waals surface area contributed by atoms with Crippen molar-refractivity contribution in [2.24, 2.45) is 5.92 Å². The molecule has 0 aliphatic heterocycles. The van der Waals surface area contributed by atoms with Gasteiger partial charge < -0.3 is 0 Å². The quantitative estimate of drug-likeness (QED) is 0.614. The van der Waals surface area contributed by atoms with Crippen molar-refractivity contribution >= 4 is 23.2 Å². The smallest absolute Gasteiger partial charge is 0.0438 e. The molecule has 1 unspecified atom stereocenters. The maximum atomic E-state index is 6.22. The average molecular weight is 307 g/mol. The summed E-state index contributed by atoms with van der Waals surface area (Å²) in [4.78, 5) is 0. The molecule has 2 rings (SSSR count). The zero-order chi connectivity index (χ0) is 14.4. The van der Waals surface area contributed by atoms with Crippen molar-refractivity contribution in [3.63, 3.8) is 0 Å². The van der Waals surface area contributed by atoms with E-state index in [1.54, 1.807) is 0 Å². The lowest BCUT2D eigenvalue weighted by molar-refractivity contribution is 0.584. The van der Waals surface area contributed by atoms with E-state index in [1.807, 2.05) is 18.2 Å². The predicted octanol–water partition coefficient (Wildman–Crippen LogP) is 5.54. The zero-order valence-corrected chi connectivity index (χ0v) is 13.3. The van der Waals surface area contributed by atoms with Gasteiger partial charge in [-0.3, -0.25) is 0 Å². The van der Waals surface area contributed by atoms with Crippen molar-refractivity contribution in [3.05, 3.63) is 70.2 Å². The predicted molar refractivity (Wildman–Crippen MR) is 88.9 cm³/mol. The van der Waals surface area contributed by atoms with Crippen molar-refractivity contribution in [2.45, 2.75) is 26.2 Å². The van der Waals surface area contributed by atoms with Crippen LogP contribution in [0, 0.1) is 5.92 Å². The third kappa shape index (κ3) is 4.26. The number of hydrogen-bond acceptors (Lipinski definition) is 0. The summed E-state index contributed by atoms with van der Waals surface area (Å²) in [7, 11) is 0. The number of benzene rings is 2. The van der Waals surface area contributed by atoms with Gasteiger partial charge in [0.15, 0.2) is 0 Å². The third-order valence-corrected chi connectivity index (χ3v) is 4.45. The Morgan fingerprint density at radius 1 is 0.900 bits per heavy atom. The van der Waals surface area contributed by atoms with Gasteiger partial charge >= 0.3 is 0 Å². The molecule has 0 aliphatic rings. The van der Waals surface area contributed by atoms with E-state index in [9.17, 15) is 0 Å². The summed E-state index contributed by atoms with van der Waals surface area (Å²) in [6.07, 6.45) is 3.01. The second-order valence-electron chi connectivity index (χ2n) is 5.19. The molecule has 0 aliphatic carbocycles. The first-order chi connectivity index (χ1) is 9.72. The van der Waals surface area contributed by atoms with Gasteiger partial charge in [0.05, 0.1) is 0 Å². The molecule has 2 aromatic rings. The van der Waals surface area contributed by atoms with E-state index in [1.165, 1.54) is 16.7 Å². The molecule has 0 heterocycles. The normalized spacial score (nSPS) is 12.3. The molecule has 1 atom stereocenters. The van der Waals surface area contributed by atoms with Crippen LogP contribution in [0.15, 0.2) is 48.5 Å². The van der Waals surface area contributed by atoms with Gasteiger partial charge in [-0.1, -0.05) is 61.0 Å². The Morgan fingerprint density at radius 3 is 2.15 bits per heavy atom. The van der Waals surface area contributed by atoms with Gasteiger partial charge in [0, 0.05) is 10.9 Å². The molecular weight excluding hydrogens is 287 g/mol. The molecule has 0 N–H and O–H groups in total. The molecule has 0 radical (unpaired) electrons. The maximum absolute atomic E-state index is 6.22. The molecule has 2 heteroatoms. The fourth-order valence-corrected chi connectivity index (χ4v) is 2.83. The van der Waals surface area contributed by atoms with Gasteiger partial charge in [0.2, 0.25) is 0 Å². The van der Waals surface area contributed by atoms with Crippen molar-refractivity contribution in [1.82, 2.24) is 0 Å². The molecule has 0 nitrogen and oxygen atoms in total. The first-order valence-corrected chi connectivity index (χ1v) is 8.01. The molecule has 2 aromatic carbocycles. The lowest BCUT2D eigenvalue weighted by Crippen LogP contribution is -2.10. The Bertz CT molecular complexity index is 531. The molecule has 0 spiro atoms. The van der Waals surface area contributed by atoms with Crippen molar-refractivity contribution in [3.8, 4) is 0 Å². The highest BCUT2D eigenvalue weighted by Gasteiger charge is 2.11. The van der Waals surface area contributed by atoms with Crippen LogP contribution in [0.1, 0.15) is 23.6 Å². The van der Waals surface area contributed by atoms with Crippen LogP contribution in [0.25, 0.3) is 0 Å². The summed E-state index contributed by atoms with van der Waals surface area (Å²) in [5.41, 5.74) is 3.91. The minimum Gasteiger partial charge on any atom is -0.126 e. The lowest BCUT2D eigenvalue weighted by atomic mass is 9.93. The van der Waals surface area contributed by atoms with Crippen LogP contribution in [0.5, 0.6) is 0 Å². The summed E-state index contributed by atoms with van der Waals surface area (Å²) < 4.78 is 0. The largest absolute Gasteiger partial charge is 0.126 e. The number of hydrogen-bond donors (Lipinski definition) is 0. The second-order valence-corrected chi connectivity index (χ2v) is 5.91. The monoisotopic (exact) mass is 306 g/mol. The highest BCUT2D eigenvalue weighted by atomic mass is 35.5. The van der Waals surface area contributed by atoms with Gasteiger partial charge in [-0.05, 0) is 47.9 Å². The van der Waals surface area contributed by atoms with Gasteiger partial charge in [0.25, 0.3) is 0 Å². The van der Waals surface area contributed by atoms with Crippen molar-refractivity contribution in [1.29, 1.82) is 0 Å². The number of aryl methyl sites for hydroxylation is 1. The molecule has 106 valence electrons. The molecule has 0 bridgehead atoms. The Labute approximate surface area is 131 Å². The molecule has 0 saturated carbocycles. The summed E-state index contributed by atoms with van der Waals surface area (Å²) >= 11 is 12.4. The number of halogens is 2. The van der Waals surface area contributed by atoms with Crippen LogP contribution in [-0.2, 0) is 19.3 Å². The number of alkyl halides is 1. The summed E-state index contributed by atoms with van der Waals surface area (Å²) in [6.45, 7) is 2.17. The Balaban J connectivity index is 2.03. The van der Waals surface area contributed by atoms with E-state index in [0.717, 1.165) is 24.3 Å². The van der Waals surface area contributed by atoms with Gasteiger partial charge in [0.1, 0.15) is 0 Å². The summed E-state index contributed by atoms with van der Waals surface area (Å²) in [6, 6.07) is 16.9. The minimum atomic E-state index is 0.420. The Hall–Kier alpha value is -0.980. The standard InChI is InChI=1S/C18H20Cl2/c1-2-14-7-9-15(10-8-14)11-16(13-19)12-17-5-3-4-6-18(17)20/h3-10,16H,2,11-13H2,1H3. The highest BCUT2D eigenvalue weighted by molar-refractivity contribution is 6.31. The minimum absolute atomic E-state index is 0.420. The molecule has 0 saturated heterocycles. The summed E-state index contributed by atoms with van der Waals surface area (Å²) in [5.74, 6) is 1.07. The topological polar surface area (TPSA) is 0 Å². The van der Waals surface area contributed by atoms with E-state index in [4.69, 9.17) is 23.2 Å². The van der Waals surface area contributed by atoms with Crippen LogP contribution < -0.4 is 0 Å². The average Bonchev–Trinajstić information content (AvgIpc) is 2.49. The Kier molecular flexibility index (Phi) is 5.94. The maximum Gasteiger partial charge on any atom is 0.0438 e. The van der Waals surface area contributed by atoms with E-state index in [-0.39, 0.29) is 0 Å². The fourth-order valence-electron chi connectivity index (χ4n) is 2.40. The number of rotatable bonds is 6. The molecule has 0 fully saturated rings. The van der Waals surface area contributed by atoms with Crippen LogP contribution in [0.4, 0.5) is 0 Å². The zero-order valence-electron chi connectivity index (χ0n) is 11.8. The SMILES string of the molecule is CCc1ccc(CC(CCl)Cc2ccccc2Cl)cc1. The molecule has 0 aromatic heterocycles. The van der Waals surface area contributed by atoms with Crippen LogP contribution >= 0.6 is 23.2 Å². The first kappa shape index (κ1) is 15.4. The second kappa shape index (κ2) is 7.71. The molecular formula is C18H20Cl2. The van der Waals surface area contributed by atoms with Crippen LogP contribution in [0.2, 0.25) is 5.02 Å². The van der Waals surface area contributed by atoms with E-state index >= 15 is 0 Å². The third-order valence-electron chi connectivity index (χ3n) is 3.64. The van der Waals surface area contributed by atoms with Crippen molar-refractivity contribution in [2.75, 3.05) is 5.88 Å². The van der Waals surface area contributed by atoms with Crippen molar-refractivity contribution < 1.29 is 0 Å². The van der Waals surface area contributed by atoms with E-state index in [2.05, 4.69) is 37.3 Å². The van der Waals surface area contributed by atoms with Gasteiger partial charge in [-0.25, -0.2) is 0 Å². The highest BCUT2D eigenvalue weighted by Crippen LogP contribution is 2.22. The van der Waals surface area contributed by atoms with Crippen LogP contribution in [-0.4, -0.2) is 5.88 Å². The lowest BCUT2D eigenvalue weighted by Gasteiger charge is -2.15. The van der Waals surface area contributed by atoms with Gasteiger partial charge in [-0.15, -0.1) is 11.6 Å². The first-order valence-electron chi connectivity index (χ1n) is 7.10.